The highest BCUT2D eigenvalue weighted by Crippen LogP contribution is 2.41. The highest BCUT2D eigenvalue weighted by Gasteiger charge is 2.41. The molecule has 134 valence electrons. The molecule has 1 fully saturated rings. The zero-order valence-electron chi connectivity index (χ0n) is 14.8. The van der Waals surface area contributed by atoms with Crippen LogP contribution in [0, 0.1) is 5.92 Å². The fourth-order valence-corrected chi connectivity index (χ4v) is 4.22. The normalized spacial score (nSPS) is 22.2. The van der Waals surface area contributed by atoms with Crippen molar-refractivity contribution >= 4 is 11.9 Å². The summed E-state index contributed by atoms with van der Waals surface area (Å²) in [5.74, 6) is 0.160. The van der Waals surface area contributed by atoms with E-state index in [1.165, 1.54) is 5.56 Å². The highest BCUT2D eigenvalue weighted by atomic mass is 16.6. The minimum absolute atomic E-state index is 0.110. The van der Waals surface area contributed by atoms with Crippen molar-refractivity contribution in [3.63, 3.8) is 0 Å². The van der Waals surface area contributed by atoms with Gasteiger partial charge >= 0.3 is 6.09 Å². The average molecular weight is 349 g/mol. The topological polar surface area (TPSA) is 46.6 Å². The Bertz CT molecular complexity index is 802. The quantitative estimate of drug-likeness (QED) is 0.830. The first-order valence-corrected chi connectivity index (χ1v) is 9.32. The van der Waals surface area contributed by atoms with E-state index in [9.17, 15) is 9.59 Å². The Balaban J connectivity index is 1.57. The van der Waals surface area contributed by atoms with Crippen LogP contribution in [0.15, 0.2) is 54.6 Å². The van der Waals surface area contributed by atoms with Crippen molar-refractivity contribution in [3.8, 4) is 0 Å². The summed E-state index contributed by atoms with van der Waals surface area (Å²) in [5.41, 5.74) is 3.31. The first-order valence-electron chi connectivity index (χ1n) is 9.32. The summed E-state index contributed by atoms with van der Waals surface area (Å²) in [4.78, 5) is 27.1. The number of amides is 1. The Hall–Kier alpha value is -2.62. The van der Waals surface area contributed by atoms with Crippen LogP contribution >= 0.6 is 0 Å². The van der Waals surface area contributed by atoms with Crippen molar-refractivity contribution in [3.05, 3.63) is 71.3 Å². The number of benzene rings is 2. The molecule has 4 nitrogen and oxygen atoms in total. The van der Waals surface area contributed by atoms with Crippen LogP contribution in [0.25, 0.3) is 0 Å². The zero-order chi connectivity index (χ0) is 17.9. The van der Waals surface area contributed by atoms with E-state index >= 15 is 0 Å². The van der Waals surface area contributed by atoms with Crippen LogP contribution in [0.1, 0.15) is 42.0 Å². The first kappa shape index (κ1) is 16.8. The number of ether oxygens (including phenoxy) is 1. The van der Waals surface area contributed by atoms with Crippen LogP contribution in [-0.4, -0.2) is 23.3 Å². The summed E-state index contributed by atoms with van der Waals surface area (Å²) in [6.07, 6.45) is 2.85. The predicted molar refractivity (Wildman–Crippen MR) is 98.6 cm³/mol. The van der Waals surface area contributed by atoms with Gasteiger partial charge < -0.3 is 9.64 Å². The Morgan fingerprint density at radius 2 is 1.81 bits per heavy atom. The van der Waals surface area contributed by atoms with Gasteiger partial charge in [-0.1, -0.05) is 54.6 Å². The molecule has 4 heteroatoms. The van der Waals surface area contributed by atoms with E-state index in [0.29, 0.717) is 13.0 Å². The van der Waals surface area contributed by atoms with Crippen LogP contribution < -0.4 is 0 Å². The lowest BCUT2D eigenvalue weighted by Crippen LogP contribution is -2.44. The number of carbonyl (C=O) groups excluding carboxylic acids is 2. The molecule has 2 unspecified atom stereocenters. The largest absolute Gasteiger partial charge is 0.445 e. The number of rotatable bonds is 3. The van der Waals surface area contributed by atoms with E-state index < -0.39 is 0 Å². The Morgan fingerprint density at radius 3 is 2.58 bits per heavy atom. The van der Waals surface area contributed by atoms with E-state index in [-0.39, 0.29) is 30.4 Å². The van der Waals surface area contributed by atoms with Crippen molar-refractivity contribution in [1.29, 1.82) is 0 Å². The Kier molecular flexibility index (Phi) is 4.74. The molecule has 2 atom stereocenters. The van der Waals surface area contributed by atoms with Gasteiger partial charge in [0.1, 0.15) is 12.4 Å². The molecule has 2 aromatic rings. The lowest BCUT2D eigenvalue weighted by atomic mass is 9.83. The molecule has 26 heavy (non-hydrogen) atoms. The molecule has 0 aromatic heterocycles. The third kappa shape index (κ3) is 3.24. The van der Waals surface area contributed by atoms with Crippen molar-refractivity contribution in [2.75, 3.05) is 6.54 Å². The fraction of sp³-hybridized carbons (Fsp3) is 0.364. The van der Waals surface area contributed by atoms with Gasteiger partial charge in [-0.15, -0.1) is 0 Å². The Morgan fingerprint density at radius 1 is 1.04 bits per heavy atom. The molecule has 2 aliphatic rings. The number of carbonyl (C=O) groups is 2. The number of nitrogens with zero attached hydrogens (tertiary/aromatic N) is 1. The average Bonchev–Trinajstić information content (AvgIpc) is 3.11. The molecule has 1 aliphatic heterocycles. The monoisotopic (exact) mass is 349 g/mol. The van der Waals surface area contributed by atoms with E-state index in [4.69, 9.17) is 4.74 Å². The van der Waals surface area contributed by atoms with Gasteiger partial charge in [-0.2, -0.15) is 0 Å². The molecule has 2 aromatic carbocycles. The van der Waals surface area contributed by atoms with Gasteiger partial charge in [0, 0.05) is 18.9 Å². The van der Waals surface area contributed by atoms with Crippen molar-refractivity contribution in [2.24, 2.45) is 5.92 Å². The van der Waals surface area contributed by atoms with Gasteiger partial charge in [0.15, 0.2) is 0 Å². The molecule has 1 amide bonds. The first-order chi connectivity index (χ1) is 12.7. The second kappa shape index (κ2) is 7.32. The maximum atomic E-state index is 12.8. The maximum Gasteiger partial charge on any atom is 0.410 e. The summed E-state index contributed by atoms with van der Waals surface area (Å²) in [7, 11) is 0. The summed E-state index contributed by atoms with van der Waals surface area (Å²) in [6.45, 7) is 0.849. The van der Waals surface area contributed by atoms with Gasteiger partial charge in [0.2, 0.25) is 0 Å². The second-order valence-electron chi connectivity index (χ2n) is 7.09. The molecule has 0 spiro atoms. The number of hydrogen-bond donors (Lipinski definition) is 0. The standard InChI is InChI=1S/C22H23NO3/c24-20-12-6-11-19(20)21-18-10-5-4-9-17(18)13-14-23(21)22(25)26-15-16-7-2-1-3-8-16/h1-5,7-10,19,21H,6,11-15H2. The third-order valence-corrected chi connectivity index (χ3v) is 5.50. The Labute approximate surface area is 153 Å². The lowest BCUT2D eigenvalue weighted by Gasteiger charge is -2.39. The predicted octanol–water partition coefficient (Wildman–Crippen LogP) is 4.29. The molecule has 0 N–H and O–H groups in total. The van der Waals surface area contributed by atoms with Gasteiger partial charge in [0.05, 0.1) is 6.04 Å². The maximum absolute atomic E-state index is 12.8. The fourth-order valence-electron chi connectivity index (χ4n) is 4.22. The van der Waals surface area contributed by atoms with Crippen LogP contribution in [0.4, 0.5) is 4.79 Å². The van der Waals surface area contributed by atoms with E-state index in [1.807, 2.05) is 42.5 Å². The number of ketones is 1. The molecular formula is C22H23NO3. The third-order valence-electron chi connectivity index (χ3n) is 5.50. The van der Waals surface area contributed by atoms with E-state index in [1.54, 1.807) is 4.90 Å². The molecule has 0 bridgehead atoms. The number of Topliss-reactive ketones (excluding diaryl/α,β-unsaturated/α-hetero) is 1. The van der Waals surface area contributed by atoms with E-state index in [0.717, 1.165) is 30.4 Å². The summed E-state index contributed by atoms with van der Waals surface area (Å²) >= 11 is 0. The van der Waals surface area contributed by atoms with Gasteiger partial charge in [-0.3, -0.25) is 4.79 Å². The zero-order valence-corrected chi connectivity index (χ0v) is 14.8. The second-order valence-corrected chi connectivity index (χ2v) is 7.09. The smallest absolute Gasteiger partial charge is 0.410 e. The minimum Gasteiger partial charge on any atom is -0.445 e. The van der Waals surface area contributed by atoms with E-state index in [2.05, 4.69) is 12.1 Å². The molecular weight excluding hydrogens is 326 g/mol. The summed E-state index contributed by atoms with van der Waals surface area (Å²) in [6, 6.07) is 17.7. The molecule has 0 saturated heterocycles. The van der Waals surface area contributed by atoms with Gasteiger partial charge in [-0.25, -0.2) is 4.79 Å². The van der Waals surface area contributed by atoms with Gasteiger partial charge in [0.25, 0.3) is 0 Å². The van der Waals surface area contributed by atoms with Crippen LogP contribution in [0.3, 0.4) is 0 Å². The molecule has 1 heterocycles. The van der Waals surface area contributed by atoms with Crippen molar-refractivity contribution in [2.45, 2.75) is 38.3 Å². The SMILES string of the molecule is O=C1CCCC1C1c2ccccc2CCN1C(=O)OCc1ccccc1. The van der Waals surface area contributed by atoms with Crippen LogP contribution in [0.2, 0.25) is 0 Å². The number of fused-ring (bicyclic) bond motifs is 1. The molecule has 0 radical (unpaired) electrons. The number of hydrogen-bond acceptors (Lipinski definition) is 3. The van der Waals surface area contributed by atoms with Crippen molar-refractivity contribution in [1.82, 2.24) is 4.90 Å². The van der Waals surface area contributed by atoms with Crippen molar-refractivity contribution < 1.29 is 14.3 Å². The molecule has 1 aliphatic carbocycles. The molecule has 1 saturated carbocycles. The summed E-state index contributed by atoms with van der Waals surface area (Å²) in [5, 5.41) is 0. The van der Waals surface area contributed by atoms with Crippen LogP contribution in [0.5, 0.6) is 0 Å². The minimum atomic E-state index is -0.326. The highest BCUT2D eigenvalue weighted by molar-refractivity contribution is 5.84. The lowest BCUT2D eigenvalue weighted by molar-refractivity contribution is -0.122. The van der Waals surface area contributed by atoms with Gasteiger partial charge in [-0.05, 0) is 36.0 Å². The molecule has 4 rings (SSSR count). The summed E-state index contributed by atoms with van der Waals surface area (Å²) < 4.78 is 5.58. The van der Waals surface area contributed by atoms with Crippen LogP contribution in [-0.2, 0) is 22.6 Å².